The van der Waals surface area contributed by atoms with E-state index in [2.05, 4.69) is 20.9 Å². The van der Waals surface area contributed by atoms with Crippen molar-refractivity contribution in [3.05, 3.63) is 28.2 Å². The van der Waals surface area contributed by atoms with Gasteiger partial charge in [0.15, 0.2) is 0 Å². The number of nitrogens with zero attached hydrogens (tertiary/aromatic N) is 2. The molecule has 1 aromatic carbocycles. The monoisotopic (exact) mass is 362 g/mol. The summed E-state index contributed by atoms with van der Waals surface area (Å²) >= 11 is 9.38. The van der Waals surface area contributed by atoms with Gasteiger partial charge in [0.1, 0.15) is 11.6 Å². The van der Waals surface area contributed by atoms with Crippen LogP contribution in [0.1, 0.15) is 32.0 Å². The number of hydrogen-bond donors (Lipinski definition) is 0. The highest BCUT2D eigenvalue weighted by atomic mass is 79.9. The molecule has 2 aromatic rings. The molecule has 0 spiro atoms. The lowest BCUT2D eigenvalue weighted by Crippen LogP contribution is -2.13. The molecule has 1 atom stereocenters. The molecule has 6 heteroatoms. The number of ether oxygens (including phenoxy) is 1. The zero-order valence-corrected chi connectivity index (χ0v) is 14.0. The molecule has 1 heterocycles. The minimum atomic E-state index is -0.325. The molecule has 3 nitrogen and oxygen atoms in total. The van der Waals surface area contributed by atoms with Crippen molar-refractivity contribution in [3.8, 4) is 0 Å². The Hall–Kier alpha value is -0.650. The first-order valence-corrected chi connectivity index (χ1v) is 7.74. The standard InChI is InChI=1S/C14H17BrClFN2O/c1-8(2)20-5-4-19-13-6-10(15)11(17)7-12(13)18-14(19)9(3)16/h6-9H,4-5H2,1-3H3. The smallest absolute Gasteiger partial charge is 0.139 e. The van der Waals surface area contributed by atoms with Crippen LogP contribution in [0, 0.1) is 5.82 Å². The van der Waals surface area contributed by atoms with Crippen molar-refractivity contribution < 1.29 is 9.13 Å². The SMILES string of the molecule is CC(C)OCCn1c(C(C)Cl)nc2cc(F)c(Br)cc21. The first kappa shape index (κ1) is 15.7. The van der Waals surface area contributed by atoms with Gasteiger partial charge in [-0.1, -0.05) is 0 Å². The summed E-state index contributed by atoms with van der Waals surface area (Å²) in [4.78, 5) is 4.43. The van der Waals surface area contributed by atoms with Crippen molar-refractivity contribution in [3.63, 3.8) is 0 Å². The Morgan fingerprint density at radius 1 is 1.40 bits per heavy atom. The summed E-state index contributed by atoms with van der Waals surface area (Å²) < 4.78 is 21.6. The van der Waals surface area contributed by atoms with E-state index in [-0.39, 0.29) is 17.3 Å². The summed E-state index contributed by atoms with van der Waals surface area (Å²) in [5.74, 6) is 0.404. The number of alkyl halides is 1. The summed E-state index contributed by atoms with van der Waals surface area (Å²) in [6, 6.07) is 3.15. The van der Waals surface area contributed by atoms with Crippen molar-refractivity contribution in [1.29, 1.82) is 0 Å². The lowest BCUT2D eigenvalue weighted by molar-refractivity contribution is 0.0729. The fourth-order valence-electron chi connectivity index (χ4n) is 2.06. The summed E-state index contributed by atoms with van der Waals surface area (Å²) in [5, 5.41) is -0.247. The van der Waals surface area contributed by atoms with Crippen molar-refractivity contribution >= 4 is 38.6 Å². The van der Waals surface area contributed by atoms with Crippen molar-refractivity contribution in [2.75, 3.05) is 6.61 Å². The highest BCUT2D eigenvalue weighted by Gasteiger charge is 2.16. The fourth-order valence-corrected chi connectivity index (χ4v) is 2.56. The van der Waals surface area contributed by atoms with Gasteiger partial charge in [0.05, 0.1) is 33.6 Å². The Morgan fingerprint density at radius 3 is 2.70 bits per heavy atom. The van der Waals surface area contributed by atoms with E-state index in [0.29, 0.717) is 23.1 Å². The molecule has 0 amide bonds. The third kappa shape index (κ3) is 3.32. The van der Waals surface area contributed by atoms with E-state index in [1.165, 1.54) is 6.07 Å². The molecule has 1 unspecified atom stereocenters. The maximum atomic E-state index is 13.6. The van der Waals surface area contributed by atoms with Crippen molar-refractivity contribution in [2.45, 2.75) is 38.8 Å². The van der Waals surface area contributed by atoms with E-state index in [1.54, 1.807) is 6.07 Å². The lowest BCUT2D eigenvalue weighted by atomic mass is 10.3. The van der Waals surface area contributed by atoms with Crippen LogP contribution in [-0.4, -0.2) is 22.3 Å². The van der Waals surface area contributed by atoms with Crippen LogP contribution in [0.15, 0.2) is 16.6 Å². The topological polar surface area (TPSA) is 27.1 Å². The zero-order chi connectivity index (χ0) is 14.9. The van der Waals surface area contributed by atoms with Gasteiger partial charge in [-0.15, -0.1) is 11.6 Å². The van der Waals surface area contributed by atoms with Crippen LogP contribution < -0.4 is 0 Å². The van der Waals surface area contributed by atoms with E-state index in [0.717, 1.165) is 11.3 Å². The molecule has 0 fully saturated rings. The fraction of sp³-hybridized carbons (Fsp3) is 0.500. The van der Waals surface area contributed by atoms with Crippen LogP contribution in [0.4, 0.5) is 4.39 Å². The molecule has 0 saturated heterocycles. The molecular formula is C14H17BrClFN2O. The van der Waals surface area contributed by atoms with Crippen molar-refractivity contribution in [2.24, 2.45) is 0 Å². The quantitative estimate of drug-likeness (QED) is 0.722. The predicted octanol–water partition coefficient (Wildman–Crippen LogP) is 4.66. The van der Waals surface area contributed by atoms with Gasteiger partial charge < -0.3 is 9.30 Å². The molecule has 0 N–H and O–H groups in total. The Labute approximate surface area is 131 Å². The summed E-state index contributed by atoms with van der Waals surface area (Å²) in [5.41, 5.74) is 1.46. The number of imidazole rings is 1. The van der Waals surface area contributed by atoms with E-state index in [4.69, 9.17) is 16.3 Å². The lowest BCUT2D eigenvalue weighted by Gasteiger charge is -2.12. The second-order valence-electron chi connectivity index (χ2n) is 4.91. The Bertz CT molecular complexity index is 613. The second kappa shape index (κ2) is 6.41. The minimum Gasteiger partial charge on any atom is -0.377 e. The number of hydrogen-bond acceptors (Lipinski definition) is 2. The molecule has 0 saturated carbocycles. The highest BCUT2D eigenvalue weighted by molar-refractivity contribution is 9.10. The van der Waals surface area contributed by atoms with Gasteiger partial charge in [0.2, 0.25) is 0 Å². The van der Waals surface area contributed by atoms with Gasteiger partial charge >= 0.3 is 0 Å². The maximum Gasteiger partial charge on any atom is 0.139 e. The van der Waals surface area contributed by atoms with E-state index in [1.807, 2.05) is 25.3 Å². The van der Waals surface area contributed by atoms with Gasteiger partial charge in [0.25, 0.3) is 0 Å². The molecular weight excluding hydrogens is 347 g/mol. The van der Waals surface area contributed by atoms with Crippen LogP contribution in [0.3, 0.4) is 0 Å². The molecule has 0 radical (unpaired) electrons. The van der Waals surface area contributed by atoms with E-state index >= 15 is 0 Å². The first-order chi connectivity index (χ1) is 9.40. The number of benzene rings is 1. The molecule has 2 rings (SSSR count). The normalized spacial score (nSPS) is 13.3. The zero-order valence-electron chi connectivity index (χ0n) is 11.7. The maximum absolute atomic E-state index is 13.6. The van der Waals surface area contributed by atoms with Crippen LogP contribution >= 0.6 is 27.5 Å². The second-order valence-corrected chi connectivity index (χ2v) is 6.42. The Kier molecular flexibility index (Phi) is 5.04. The Balaban J connectivity index is 2.42. The van der Waals surface area contributed by atoms with Crippen LogP contribution in [0.5, 0.6) is 0 Å². The van der Waals surface area contributed by atoms with Crippen molar-refractivity contribution in [1.82, 2.24) is 9.55 Å². The highest BCUT2D eigenvalue weighted by Crippen LogP contribution is 2.28. The predicted molar refractivity (Wildman–Crippen MR) is 82.7 cm³/mol. The van der Waals surface area contributed by atoms with Gasteiger partial charge in [0, 0.05) is 12.6 Å². The average Bonchev–Trinajstić information content (AvgIpc) is 2.68. The van der Waals surface area contributed by atoms with Gasteiger partial charge in [-0.2, -0.15) is 0 Å². The van der Waals surface area contributed by atoms with Crippen LogP contribution in [-0.2, 0) is 11.3 Å². The minimum absolute atomic E-state index is 0.172. The number of rotatable bonds is 5. The molecule has 1 aromatic heterocycles. The van der Waals surface area contributed by atoms with Gasteiger partial charge in [-0.25, -0.2) is 9.37 Å². The molecule has 0 bridgehead atoms. The molecule has 110 valence electrons. The average molecular weight is 364 g/mol. The first-order valence-electron chi connectivity index (χ1n) is 6.51. The molecule has 0 aliphatic carbocycles. The largest absolute Gasteiger partial charge is 0.377 e. The van der Waals surface area contributed by atoms with E-state index in [9.17, 15) is 4.39 Å². The van der Waals surface area contributed by atoms with E-state index < -0.39 is 0 Å². The van der Waals surface area contributed by atoms with Gasteiger partial charge in [-0.05, 0) is 42.8 Å². The van der Waals surface area contributed by atoms with Gasteiger partial charge in [-0.3, -0.25) is 0 Å². The summed E-state index contributed by atoms with van der Waals surface area (Å²) in [6.07, 6.45) is 0.172. The number of fused-ring (bicyclic) bond motifs is 1. The third-order valence-electron chi connectivity index (χ3n) is 2.94. The third-order valence-corrected chi connectivity index (χ3v) is 3.74. The molecule has 20 heavy (non-hydrogen) atoms. The summed E-state index contributed by atoms with van der Waals surface area (Å²) in [7, 11) is 0. The number of halogens is 3. The van der Waals surface area contributed by atoms with Crippen LogP contribution in [0.25, 0.3) is 11.0 Å². The number of aromatic nitrogens is 2. The molecule has 0 aliphatic heterocycles. The van der Waals surface area contributed by atoms with Crippen LogP contribution in [0.2, 0.25) is 0 Å². The summed E-state index contributed by atoms with van der Waals surface area (Å²) in [6.45, 7) is 7.04. The molecule has 0 aliphatic rings. The Morgan fingerprint density at radius 2 is 2.10 bits per heavy atom.